The second-order valence-electron chi connectivity index (χ2n) is 7.76. The average molecular weight is 391 g/mol. The quantitative estimate of drug-likeness (QED) is 0.790. The van der Waals surface area contributed by atoms with E-state index in [-0.39, 0.29) is 36.0 Å². The Morgan fingerprint density at radius 1 is 0.966 bits per heavy atom. The Morgan fingerprint density at radius 3 is 2.17 bits per heavy atom. The van der Waals surface area contributed by atoms with Gasteiger partial charge in [-0.1, -0.05) is 19.1 Å². The van der Waals surface area contributed by atoms with Gasteiger partial charge in [-0.25, -0.2) is 0 Å². The highest BCUT2D eigenvalue weighted by Crippen LogP contribution is 2.30. The third-order valence-electron chi connectivity index (χ3n) is 5.49. The number of hydrogen-bond acceptors (Lipinski definition) is 3. The first-order chi connectivity index (χ1) is 14.0. The minimum Gasteiger partial charge on any atom is -0.326 e. The second kappa shape index (κ2) is 8.07. The molecule has 1 saturated carbocycles. The van der Waals surface area contributed by atoms with Crippen molar-refractivity contribution in [2.24, 2.45) is 11.8 Å². The van der Waals surface area contributed by atoms with Crippen molar-refractivity contribution in [3.05, 3.63) is 54.1 Å². The van der Waals surface area contributed by atoms with E-state index in [4.69, 9.17) is 0 Å². The van der Waals surface area contributed by atoms with Gasteiger partial charge in [0, 0.05) is 35.9 Å². The molecule has 2 aliphatic rings. The summed E-state index contributed by atoms with van der Waals surface area (Å²) in [5.41, 5.74) is 3.38. The van der Waals surface area contributed by atoms with Crippen molar-refractivity contribution >= 4 is 34.8 Å². The molecule has 0 spiro atoms. The first kappa shape index (κ1) is 19.2. The molecule has 0 bridgehead atoms. The largest absolute Gasteiger partial charge is 0.326 e. The zero-order valence-corrected chi connectivity index (χ0v) is 16.5. The van der Waals surface area contributed by atoms with E-state index in [1.54, 1.807) is 29.2 Å². The van der Waals surface area contributed by atoms with Crippen LogP contribution in [-0.4, -0.2) is 24.3 Å². The van der Waals surface area contributed by atoms with Gasteiger partial charge in [0.2, 0.25) is 17.7 Å². The van der Waals surface area contributed by atoms with E-state index in [0.29, 0.717) is 12.2 Å². The van der Waals surface area contributed by atoms with Crippen LogP contribution in [0.2, 0.25) is 0 Å². The third kappa shape index (κ3) is 4.47. The molecule has 150 valence electrons. The number of amides is 3. The monoisotopic (exact) mass is 391 g/mol. The maximum absolute atomic E-state index is 12.7. The molecule has 29 heavy (non-hydrogen) atoms. The standard InChI is InChI=1S/C23H25N3O3/c1-2-15-4-3-5-20(12-15)26-14-17(13-21(26)27)23(29)25-19-10-8-18(9-11-19)24-22(28)16-6-7-16/h3-5,8-12,16-17H,2,6-7,13-14H2,1H3,(H,24,28)(H,25,29)/t17-/m1/s1. The van der Waals surface area contributed by atoms with E-state index in [0.717, 1.165) is 36.2 Å². The zero-order valence-electron chi connectivity index (χ0n) is 16.5. The lowest BCUT2D eigenvalue weighted by atomic mass is 10.1. The van der Waals surface area contributed by atoms with Crippen molar-refractivity contribution < 1.29 is 14.4 Å². The predicted octanol–water partition coefficient (Wildman–Crippen LogP) is 3.59. The smallest absolute Gasteiger partial charge is 0.229 e. The lowest BCUT2D eigenvalue weighted by Crippen LogP contribution is -2.28. The molecule has 1 atom stereocenters. The summed E-state index contributed by atoms with van der Waals surface area (Å²) < 4.78 is 0. The van der Waals surface area contributed by atoms with E-state index in [9.17, 15) is 14.4 Å². The van der Waals surface area contributed by atoms with Crippen molar-refractivity contribution in [1.82, 2.24) is 0 Å². The molecule has 0 unspecified atom stereocenters. The number of carbonyl (C=O) groups is 3. The molecule has 4 rings (SSSR count). The molecule has 1 saturated heterocycles. The van der Waals surface area contributed by atoms with E-state index >= 15 is 0 Å². The van der Waals surface area contributed by atoms with Crippen LogP contribution < -0.4 is 15.5 Å². The molecule has 2 fully saturated rings. The maximum Gasteiger partial charge on any atom is 0.229 e. The molecule has 0 radical (unpaired) electrons. The molecule has 6 nitrogen and oxygen atoms in total. The molecular weight excluding hydrogens is 366 g/mol. The highest BCUT2D eigenvalue weighted by atomic mass is 16.2. The highest BCUT2D eigenvalue weighted by Gasteiger charge is 2.35. The number of carbonyl (C=O) groups excluding carboxylic acids is 3. The molecule has 2 aromatic carbocycles. The van der Waals surface area contributed by atoms with Crippen molar-refractivity contribution in [3.63, 3.8) is 0 Å². The van der Waals surface area contributed by atoms with Crippen LogP contribution in [0.4, 0.5) is 17.1 Å². The molecule has 1 aliphatic heterocycles. The molecule has 6 heteroatoms. The second-order valence-corrected chi connectivity index (χ2v) is 7.76. The van der Waals surface area contributed by atoms with Crippen LogP contribution in [0, 0.1) is 11.8 Å². The van der Waals surface area contributed by atoms with Crippen molar-refractivity contribution in [1.29, 1.82) is 0 Å². The molecule has 2 aromatic rings. The van der Waals surface area contributed by atoms with Gasteiger partial charge in [0.05, 0.1) is 5.92 Å². The van der Waals surface area contributed by atoms with Crippen LogP contribution >= 0.6 is 0 Å². The Hall–Kier alpha value is -3.15. The zero-order chi connectivity index (χ0) is 20.4. The minimum atomic E-state index is -0.387. The van der Waals surface area contributed by atoms with Crippen LogP contribution in [0.5, 0.6) is 0 Å². The lowest BCUT2D eigenvalue weighted by Gasteiger charge is -2.17. The number of nitrogens with zero attached hydrogens (tertiary/aromatic N) is 1. The van der Waals surface area contributed by atoms with E-state index in [1.165, 1.54) is 0 Å². The molecule has 2 N–H and O–H groups in total. The predicted molar refractivity (Wildman–Crippen MR) is 113 cm³/mol. The SMILES string of the molecule is CCc1cccc(N2C[C@H](C(=O)Nc3ccc(NC(=O)C4CC4)cc3)CC2=O)c1. The molecule has 1 heterocycles. The number of aryl methyl sites for hydroxylation is 1. The summed E-state index contributed by atoms with van der Waals surface area (Å²) in [6.07, 6.45) is 3.02. The first-order valence-corrected chi connectivity index (χ1v) is 10.1. The average Bonchev–Trinajstić information content (AvgIpc) is 3.51. The van der Waals surface area contributed by atoms with Crippen LogP contribution in [0.25, 0.3) is 0 Å². The summed E-state index contributed by atoms with van der Waals surface area (Å²) in [7, 11) is 0. The van der Waals surface area contributed by atoms with E-state index in [2.05, 4.69) is 17.6 Å². The van der Waals surface area contributed by atoms with Crippen molar-refractivity contribution in [3.8, 4) is 0 Å². The van der Waals surface area contributed by atoms with Gasteiger partial charge in [-0.3, -0.25) is 14.4 Å². The molecule has 1 aliphatic carbocycles. The molecular formula is C23H25N3O3. The first-order valence-electron chi connectivity index (χ1n) is 10.1. The van der Waals surface area contributed by atoms with Gasteiger partial charge in [-0.2, -0.15) is 0 Å². The van der Waals surface area contributed by atoms with Crippen molar-refractivity contribution in [2.75, 3.05) is 22.1 Å². The number of rotatable bonds is 6. The fraction of sp³-hybridized carbons (Fsp3) is 0.348. The summed E-state index contributed by atoms with van der Waals surface area (Å²) in [5, 5.41) is 5.76. The van der Waals surface area contributed by atoms with Crippen LogP contribution in [-0.2, 0) is 20.8 Å². The summed E-state index contributed by atoms with van der Waals surface area (Å²) in [6.45, 7) is 2.46. The third-order valence-corrected chi connectivity index (χ3v) is 5.49. The number of benzene rings is 2. The van der Waals surface area contributed by atoms with Gasteiger partial charge in [-0.15, -0.1) is 0 Å². The Bertz CT molecular complexity index is 935. The van der Waals surface area contributed by atoms with Gasteiger partial charge in [0.1, 0.15) is 0 Å². The lowest BCUT2D eigenvalue weighted by molar-refractivity contribution is -0.122. The molecule has 0 aromatic heterocycles. The van der Waals surface area contributed by atoms with Gasteiger partial charge in [-0.05, 0) is 61.2 Å². The van der Waals surface area contributed by atoms with Crippen LogP contribution in [0.15, 0.2) is 48.5 Å². The van der Waals surface area contributed by atoms with Crippen LogP contribution in [0.1, 0.15) is 31.7 Å². The summed E-state index contributed by atoms with van der Waals surface area (Å²) in [6, 6.07) is 15.0. The number of anilines is 3. The normalized spacial score (nSPS) is 18.6. The fourth-order valence-electron chi connectivity index (χ4n) is 3.55. The van der Waals surface area contributed by atoms with Crippen LogP contribution in [0.3, 0.4) is 0 Å². The van der Waals surface area contributed by atoms with Crippen molar-refractivity contribution in [2.45, 2.75) is 32.6 Å². The highest BCUT2D eigenvalue weighted by molar-refractivity contribution is 6.03. The van der Waals surface area contributed by atoms with Gasteiger partial charge >= 0.3 is 0 Å². The fourth-order valence-corrected chi connectivity index (χ4v) is 3.55. The topological polar surface area (TPSA) is 78.5 Å². The Kier molecular flexibility index (Phi) is 5.34. The summed E-state index contributed by atoms with van der Waals surface area (Å²) in [5.74, 6) is -0.380. The van der Waals surface area contributed by atoms with E-state index < -0.39 is 0 Å². The van der Waals surface area contributed by atoms with Gasteiger partial charge in [0.25, 0.3) is 0 Å². The number of nitrogens with one attached hydrogen (secondary N) is 2. The Morgan fingerprint density at radius 2 is 1.59 bits per heavy atom. The summed E-state index contributed by atoms with van der Waals surface area (Å²) >= 11 is 0. The van der Waals surface area contributed by atoms with Gasteiger partial charge in [0.15, 0.2) is 0 Å². The Balaban J connectivity index is 1.36. The van der Waals surface area contributed by atoms with E-state index in [1.807, 2.05) is 24.3 Å². The molecule has 3 amide bonds. The van der Waals surface area contributed by atoms with Gasteiger partial charge < -0.3 is 15.5 Å². The number of hydrogen-bond donors (Lipinski definition) is 2. The maximum atomic E-state index is 12.7. The summed E-state index contributed by atoms with van der Waals surface area (Å²) in [4.78, 5) is 38.6. The minimum absolute atomic E-state index is 0.0310. The Labute approximate surface area is 170 Å².